The Kier molecular flexibility index (Phi) is 3.85. The highest BCUT2D eigenvalue weighted by atomic mass is 35.5. The molecule has 11 heavy (non-hydrogen) atoms. The van der Waals surface area contributed by atoms with Crippen LogP contribution >= 0.6 is 24.0 Å². The van der Waals surface area contributed by atoms with Crippen molar-refractivity contribution in [1.82, 2.24) is 4.98 Å². The first-order valence-corrected chi connectivity index (χ1v) is 2.99. The first kappa shape index (κ1) is 10.2. The van der Waals surface area contributed by atoms with E-state index in [0.29, 0.717) is 17.0 Å². The van der Waals surface area contributed by atoms with Crippen molar-refractivity contribution in [3.63, 3.8) is 0 Å². The van der Waals surface area contributed by atoms with Crippen LogP contribution in [0.1, 0.15) is 10.4 Å². The molecule has 2 N–H and O–H groups in total. The summed E-state index contributed by atoms with van der Waals surface area (Å²) in [6, 6.07) is 3.04. The number of anilines is 1. The number of carbonyl (C=O) groups excluding carboxylic acids is 1. The summed E-state index contributed by atoms with van der Waals surface area (Å²) in [4.78, 5) is 13.8. The van der Waals surface area contributed by atoms with Gasteiger partial charge in [-0.25, -0.2) is 4.98 Å². The second-order valence-electron chi connectivity index (χ2n) is 1.73. The summed E-state index contributed by atoms with van der Waals surface area (Å²) >= 11 is 5.47. The second kappa shape index (κ2) is 4.16. The molecule has 0 aliphatic carbocycles. The normalized spacial score (nSPS) is 8.45. The van der Waals surface area contributed by atoms with Crippen LogP contribution in [0.2, 0.25) is 5.15 Å². The zero-order chi connectivity index (χ0) is 7.56. The van der Waals surface area contributed by atoms with Crippen LogP contribution in [-0.4, -0.2) is 11.3 Å². The minimum atomic E-state index is 0. The Balaban J connectivity index is 0.000001000. The molecule has 0 saturated carbocycles. The zero-order valence-electron chi connectivity index (χ0n) is 5.45. The predicted octanol–water partition coefficient (Wildman–Crippen LogP) is 1.55. The molecule has 1 rings (SSSR count). The number of nitrogens with two attached hydrogens (primary N) is 1. The lowest BCUT2D eigenvalue weighted by molar-refractivity contribution is 0.112. The molecule has 0 aliphatic rings. The maximum atomic E-state index is 10.2. The number of hydrogen-bond acceptors (Lipinski definition) is 3. The molecule has 60 valence electrons. The van der Waals surface area contributed by atoms with Crippen LogP contribution < -0.4 is 5.73 Å². The molecule has 0 aliphatic heterocycles. The summed E-state index contributed by atoms with van der Waals surface area (Å²) in [5.41, 5.74) is 5.67. The summed E-state index contributed by atoms with van der Waals surface area (Å²) in [5, 5.41) is 0.295. The van der Waals surface area contributed by atoms with Gasteiger partial charge in [-0.1, -0.05) is 11.6 Å². The molecule has 0 amide bonds. The van der Waals surface area contributed by atoms with E-state index in [1.54, 1.807) is 0 Å². The van der Waals surface area contributed by atoms with Crippen molar-refractivity contribution in [2.45, 2.75) is 0 Å². The van der Waals surface area contributed by atoms with Crippen molar-refractivity contribution in [3.8, 4) is 0 Å². The first-order valence-electron chi connectivity index (χ1n) is 2.61. The van der Waals surface area contributed by atoms with Crippen LogP contribution in [0.25, 0.3) is 0 Å². The topological polar surface area (TPSA) is 56.0 Å². The Bertz CT molecular complexity index is 265. The largest absolute Gasteiger partial charge is 0.383 e. The maximum absolute atomic E-state index is 10.2. The fourth-order valence-electron chi connectivity index (χ4n) is 0.560. The molecule has 1 aromatic rings. The average Bonchev–Trinajstić information content (AvgIpc) is 1.88. The molecule has 0 bridgehead atoms. The average molecular weight is 193 g/mol. The maximum Gasteiger partial charge on any atom is 0.153 e. The van der Waals surface area contributed by atoms with Gasteiger partial charge in [-0.3, -0.25) is 4.79 Å². The molecular formula is C6H6Cl2N2O. The summed E-state index contributed by atoms with van der Waals surface area (Å²) in [7, 11) is 0. The minimum absolute atomic E-state index is 0. The highest BCUT2D eigenvalue weighted by Crippen LogP contribution is 2.10. The molecular weight excluding hydrogens is 187 g/mol. The highest BCUT2D eigenvalue weighted by Gasteiger charge is 1.97. The summed E-state index contributed by atoms with van der Waals surface area (Å²) in [6.07, 6.45) is 0.638. The summed E-state index contributed by atoms with van der Waals surface area (Å²) in [6.45, 7) is 0. The Morgan fingerprint density at radius 1 is 1.55 bits per heavy atom. The lowest BCUT2D eigenvalue weighted by Crippen LogP contribution is -1.95. The lowest BCUT2D eigenvalue weighted by atomic mass is 10.3. The third-order valence-electron chi connectivity index (χ3n) is 1.05. The van der Waals surface area contributed by atoms with Crippen molar-refractivity contribution < 1.29 is 4.79 Å². The molecule has 0 atom stereocenters. The van der Waals surface area contributed by atoms with E-state index in [1.807, 2.05) is 0 Å². The second-order valence-corrected chi connectivity index (χ2v) is 2.11. The molecule has 5 heteroatoms. The highest BCUT2D eigenvalue weighted by molar-refractivity contribution is 6.29. The Morgan fingerprint density at radius 2 is 2.18 bits per heavy atom. The molecule has 0 radical (unpaired) electrons. The van der Waals surface area contributed by atoms with Gasteiger partial charge in [0.25, 0.3) is 0 Å². The number of hydrogen-bond donors (Lipinski definition) is 1. The van der Waals surface area contributed by atoms with E-state index in [0.717, 1.165) is 0 Å². The van der Waals surface area contributed by atoms with E-state index in [1.165, 1.54) is 12.1 Å². The van der Waals surface area contributed by atoms with Crippen molar-refractivity contribution in [3.05, 3.63) is 22.8 Å². The van der Waals surface area contributed by atoms with Crippen LogP contribution in [0.15, 0.2) is 12.1 Å². The predicted molar refractivity (Wildman–Crippen MR) is 46.3 cm³/mol. The Hall–Kier alpha value is -0.800. The number of aldehydes is 1. The van der Waals surface area contributed by atoms with E-state index in [2.05, 4.69) is 4.98 Å². The van der Waals surface area contributed by atoms with Gasteiger partial charge in [0.05, 0.1) is 5.56 Å². The number of pyridine rings is 1. The number of nitrogen functional groups attached to an aromatic ring is 1. The molecule has 1 aromatic heterocycles. The van der Waals surface area contributed by atoms with Crippen molar-refractivity contribution in [1.29, 1.82) is 0 Å². The smallest absolute Gasteiger partial charge is 0.153 e. The van der Waals surface area contributed by atoms with Crippen LogP contribution in [0.3, 0.4) is 0 Å². The molecule has 1 heterocycles. The number of carbonyl (C=O) groups is 1. The quantitative estimate of drug-likeness (QED) is 0.543. The third kappa shape index (κ3) is 2.37. The van der Waals surface area contributed by atoms with Crippen molar-refractivity contribution in [2.24, 2.45) is 0 Å². The Labute approximate surface area is 75.0 Å². The number of rotatable bonds is 1. The van der Waals surface area contributed by atoms with Gasteiger partial charge in [-0.15, -0.1) is 12.4 Å². The summed E-state index contributed by atoms with van der Waals surface area (Å²) < 4.78 is 0. The standard InChI is InChI=1S/C6H5ClN2O.ClH/c7-5-2-1-4(3-10)6(8)9-5;/h1-3H,(H2,8,9);1H. The fraction of sp³-hybridized carbons (Fsp3) is 0. The van der Waals surface area contributed by atoms with E-state index in [-0.39, 0.29) is 18.2 Å². The van der Waals surface area contributed by atoms with Crippen molar-refractivity contribution >= 4 is 36.1 Å². The van der Waals surface area contributed by atoms with Gasteiger partial charge >= 0.3 is 0 Å². The van der Waals surface area contributed by atoms with E-state index < -0.39 is 0 Å². The number of halogens is 2. The van der Waals surface area contributed by atoms with E-state index in [4.69, 9.17) is 17.3 Å². The van der Waals surface area contributed by atoms with Gasteiger partial charge in [0, 0.05) is 0 Å². The minimum Gasteiger partial charge on any atom is -0.383 e. The molecule has 0 fully saturated rings. The van der Waals surface area contributed by atoms with Crippen LogP contribution in [-0.2, 0) is 0 Å². The van der Waals surface area contributed by atoms with Crippen molar-refractivity contribution in [2.75, 3.05) is 5.73 Å². The molecule has 0 saturated heterocycles. The third-order valence-corrected chi connectivity index (χ3v) is 1.26. The van der Waals surface area contributed by atoms with Gasteiger partial charge in [0.15, 0.2) is 6.29 Å². The monoisotopic (exact) mass is 192 g/mol. The van der Waals surface area contributed by atoms with Crippen LogP contribution in [0, 0.1) is 0 Å². The van der Waals surface area contributed by atoms with Gasteiger partial charge in [-0.05, 0) is 12.1 Å². The van der Waals surface area contributed by atoms with Crippen LogP contribution in [0.5, 0.6) is 0 Å². The molecule has 0 unspecified atom stereocenters. The van der Waals surface area contributed by atoms with Gasteiger partial charge in [0.1, 0.15) is 11.0 Å². The SMILES string of the molecule is Cl.Nc1nc(Cl)ccc1C=O. The molecule has 0 aromatic carbocycles. The van der Waals surface area contributed by atoms with Gasteiger partial charge < -0.3 is 5.73 Å². The van der Waals surface area contributed by atoms with Gasteiger partial charge in [0.2, 0.25) is 0 Å². The Morgan fingerprint density at radius 3 is 2.64 bits per heavy atom. The van der Waals surface area contributed by atoms with Gasteiger partial charge in [-0.2, -0.15) is 0 Å². The first-order chi connectivity index (χ1) is 4.74. The van der Waals surface area contributed by atoms with E-state index >= 15 is 0 Å². The van der Waals surface area contributed by atoms with E-state index in [9.17, 15) is 4.79 Å². The number of nitrogens with zero attached hydrogens (tertiary/aromatic N) is 1. The lowest BCUT2D eigenvalue weighted by Gasteiger charge is -1.95. The van der Waals surface area contributed by atoms with Crippen LogP contribution in [0.4, 0.5) is 5.82 Å². The molecule has 3 nitrogen and oxygen atoms in total. The number of aromatic nitrogens is 1. The zero-order valence-corrected chi connectivity index (χ0v) is 7.02. The molecule has 0 spiro atoms. The fourth-order valence-corrected chi connectivity index (χ4v) is 0.715. The summed E-state index contributed by atoms with van der Waals surface area (Å²) in [5.74, 6) is 0.169.